The molecule has 5 rings (SSSR count). The van der Waals surface area contributed by atoms with E-state index in [0.717, 1.165) is 38.9 Å². The van der Waals surface area contributed by atoms with Gasteiger partial charge in [0.05, 0.1) is 12.3 Å². The van der Waals surface area contributed by atoms with Gasteiger partial charge in [0.15, 0.2) is 0 Å². The van der Waals surface area contributed by atoms with Gasteiger partial charge in [0.2, 0.25) is 0 Å². The lowest BCUT2D eigenvalue weighted by molar-refractivity contribution is -0.00473. The molecule has 0 saturated carbocycles. The molecule has 0 radical (unpaired) electrons. The highest BCUT2D eigenvalue weighted by Crippen LogP contribution is 2.36. The second kappa shape index (κ2) is 7.84. The second-order valence-electron chi connectivity index (χ2n) is 9.23. The Bertz CT molecular complexity index is 610. The second-order valence-corrected chi connectivity index (χ2v) is 9.23. The van der Waals surface area contributed by atoms with Crippen molar-refractivity contribution in [3.05, 3.63) is 0 Å². The Morgan fingerprint density at radius 1 is 1.04 bits per heavy atom. The number of fused-ring (bicyclic) bond motifs is 5. The molecule has 5 fully saturated rings. The van der Waals surface area contributed by atoms with Crippen molar-refractivity contribution in [1.29, 1.82) is 0 Å². The molecule has 5 aliphatic rings. The van der Waals surface area contributed by atoms with Crippen LogP contribution in [0.3, 0.4) is 0 Å². The van der Waals surface area contributed by atoms with Gasteiger partial charge in [0.1, 0.15) is 6.17 Å². The molecule has 4 N–H and O–H groups in total. The molecule has 5 heterocycles. The van der Waals surface area contributed by atoms with E-state index in [-0.39, 0.29) is 18.1 Å². The van der Waals surface area contributed by atoms with Crippen molar-refractivity contribution >= 4 is 0 Å². The summed E-state index contributed by atoms with van der Waals surface area (Å²) in [5.41, 5.74) is 3.50. The first-order valence-electron chi connectivity index (χ1n) is 12.5. The average molecular weight is 384 g/mol. The molecule has 0 aliphatic carbocycles. The van der Waals surface area contributed by atoms with Gasteiger partial charge in [-0.05, 0) is 57.8 Å². The van der Waals surface area contributed by atoms with E-state index < -0.39 is 19.1 Å². The number of nitrogens with zero attached hydrogens (tertiary/aromatic N) is 2. The Kier molecular flexibility index (Phi) is 4.51. The molecule has 8 atom stereocenters. The molecule has 0 aromatic carbocycles. The number of alkyl halides is 1. The minimum atomic E-state index is -2.03. The van der Waals surface area contributed by atoms with Gasteiger partial charge in [-0.2, -0.15) is 0 Å². The van der Waals surface area contributed by atoms with E-state index in [0.29, 0.717) is 44.1 Å². The quantitative estimate of drug-likeness (QED) is 0.492. The molecule has 154 valence electrons. The predicted octanol–water partition coefficient (Wildman–Crippen LogP) is 0.621. The summed E-state index contributed by atoms with van der Waals surface area (Å²) < 4.78 is 38.6. The summed E-state index contributed by atoms with van der Waals surface area (Å²) in [5, 5.41) is 13.0. The van der Waals surface area contributed by atoms with Crippen molar-refractivity contribution in [1.82, 2.24) is 31.3 Å². The zero-order valence-corrected chi connectivity index (χ0v) is 16.2. The van der Waals surface area contributed by atoms with Gasteiger partial charge in [0, 0.05) is 54.3 Å². The van der Waals surface area contributed by atoms with Gasteiger partial charge >= 0.3 is 0 Å². The van der Waals surface area contributed by atoms with Crippen LogP contribution in [0.2, 0.25) is 0 Å². The Balaban J connectivity index is 1.43. The largest absolute Gasteiger partial charge is 0.314 e. The summed E-state index contributed by atoms with van der Waals surface area (Å²) in [5.74, 6) is 0.571. The van der Waals surface area contributed by atoms with Crippen LogP contribution in [0, 0.1) is 11.8 Å². The molecule has 5 saturated heterocycles. The minimum absolute atomic E-state index is 0.191. The summed E-state index contributed by atoms with van der Waals surface area (Å²) >= 11 is 0. The lowest BCUT2D eigenvalue weighted by atomic mass is 9.80. The summed E-state index contributed by atoms with van der Waals surface area (Å²) in [4.78, 5) is 2.62. The van der Waals surface area contributed by atoms with Crippen LogP contribution in [0.25, 0.3) is 0 Å². The van der Waals surface area contributed by atoms with Crippen LogP contribution >= 0.6 is 0 Å². The van der Waals surface area contributed by atoms with Crippen LogP contribution in [0.4, 0.5) is 4.39 Å². The van der Waals surface area contributed by atoms with Crippen LogP contribution in [0.15, 0.2) is 0 Å². The maximum absolute atomic E-state index is 14.5. The molecular weight excluding hydrogens is 343 g/mol. The number of hydrogen-bond donors (Lipinski definition) is 4. The van der Waals surface area contributed by atoms with E-state index in [9.17, 15) is 4.39 Å². The third-order valence-electron chi connectivity index (χ3n) is 7.62. The van der Waals surface area contributed by atoms with Crippen LogP contribution < -0.4 is 21.4 Å². The SMILES string of the molecule is [2H]C([2H])([2H])[C@@H]1CCC2NCC(F)CC2[C@@H]2CCCN2C2CCN3NCC(CN1)C3N2. The van der Waals surface area contributed by atoms with E-state index in [1.807, 2.05) is 0 Å². The number of halogens is 1. The van der Waals surface area contributed by atoms with Crippen molar-refractivity contribution in [3.8, 4) is 0 Å². The summed E-state index contributed by atoms with van der Waals surface area (Å²) in [6, 6.07) is 0.0472. The van der Waals surface area contributed by atoms with Gasteiger partial charge in [-0.3, -0.25) is 15.6 Å². The highest BCUT2D eigenvalue weighted by molar-refractivity contribution is 5.00. The Morgan fingerprint density at radius 3 is 2.93 bits per heavy atom. The molecule has 0 aromatic heterocycles. The maximum Gasteiger partial charge on any atom is 0.113 e. The monoisotopic (exact) mass is 383 g/mol. The molecule has 0 spiro atoms. The summed E-state index contributed by atoms with van der Waals surface area (Å²) in [7, 11) is 0. The highest BCUT2D eigenvalue weighted by Gasteiger charge is 2.46. The number of nitrogens with one attached hydrogen (secondary N) is 4. The van der Waals surface area contributed by atoms with Gasteiger partial charge < -0.3 is 10.6 Å². The molecule has 6 unspecified atom stereocenters. The van der Waals surface area contributed by atoms with Gasteiger partial charge in [-0.15, -0.1) is 0 Å². The highest BCUT2D eigenvalue weighted by atomic mass is 19.1. The van der Waals surface area contributed by atoms with E-state index >= 15 is 0 Å². The third kappa shape index (κ3) is 3.67. The van der Waals surface area contributed by atoms with Crippen molar-refractivity contribution in [2.24, 2.45) is 11.8 Å². The Hall–Kier alpha value is -0.310. The van der Waals surface area contributed by atoms with E-state index in [1.165, 1.54) is 6.42 Å². The molecule has 0 amide bonds. The first-order chi connectivity index (χ1) is 14.4. The first kappa shape index (κ1) is 15.5. The molecule has 7 heteroatoms. The minimum Gasteiger partial charge on any atom is -0.314 e. The van der Waals surface area contributed by atoms with Gasteiger partial charge in [-0.1, -0.05) is 0 Å². The predicted molar refractivity (Wildman–Crippen MR) is 105 cm³/mol. The normalized spacial score (nSPS) is 51.7. The number of piperidine rings is 1. The molecule has 6 nitrogen and oxygen atoms in total. The van der Waals surface area contributed by atoms with E-state index in [2.05, 4.69) is 31.3 Å². The molecule has 27 heavy (non-hydrogen) atoms. The number of hydrazine groups is 1. The fourth-order valence-corrected chi connectivity index (χ4v) is 6.25. The van der Waals surface area contributed by atoms with Crippen LogP contribution in [-0.2, 0) is 0 Å². The van der Waals surface area contributed by atoms with Crippen LogP contribution in [-0.4, -0.2) is 79.3 Å². The number of rotatable bonds is 0. The smallest absolute Gasteiger partial charge is 0.113 e. The lowest BCUT2D eigenvalue weighted by Gasteiger charge is -2.47. The summed E-state index contributed by atoms with van der Waals surface area (Å²) in [6.45, 7) is 1.98. The fourth-order valence-electron chi connectivity index (χ4n) is 6.25. The molecular formula is C20H37FN6. The lowest BCUT2D eigenvalue weighted by Crippen LogP contribution is -2.64. The zero-order chi connectivity index (χ0) is 20.9. The number of hydrogen-bond acceptors (Lipinski definition) is 6. The topological polar surface area (TPSA) is 54.6 Å². The molecule has 5 aliphatic heterocycles. The van der Waals surface area contributed by atoms with Crippen molar-refractivity contribution in [2.75, 3.05) is 32.7 Å². The van der Waals surface area contributed by atoms with Gasteiger partial charge in [-0.25, -0.2) is 9.40 Å². The summed E-state index contributed by atoms with van der Waals surface area (Å²) in [6.07, 6.45) is 5.04. The Labute approximate surface area is 167 Å². The van der Waals surface area contributed by atoms with Crippen molar-refractivity contribution in [3.63, 3.8) is 0 Å². The van der Waals surface area contributed by atoms with Crippen LogP contribution in [0.5, 0.6) is 0 Å². The third-order valence-corrected chi connectivity index (χ3v) is 7.62. The van der Waals surface area contributed by atoms with Crippen molar-refractivity contribution < 1.29 is 8.50 Å². The van der Waals surface area contributed by atoms with E-state index in [1.54, 1.807) is 0 Å². The average Bonchev–Trinajstić information content (AvgIpc) is 3.33. The Morgan fingerprint density at radius 2 is 2.00 bits per heavy atom. The van der Waals surface area contributed by atoms with Crippen LogP contribution in [0.1, 0.15) is 49.5 Å². The molecule has 0 aromatic rings. The molecule has 2 bridgehead atoms. The zero-order valence-electron chi connectivity index (χ0n) is 19.2. The van der Waals surface area contributed by atoms with E-state index in [4.69, 9.17) is 4.11 Å². The maximum atomic E-state index is 14.5. The standard InChI is InChI=1S/C20H37FN6/c1-13-4-5-17-16(9-15(21)12-23-17)18-3-2-7-26(18)19-6-8-27-20(25-19)14(10-22-13)11-24-27/h13-20,22-25H,2-12H2,1H3/t13-,14?,15?,16?,17?,18+,19?,20?/m1/s1/i1D3. The van der Waals surface area contributed by atoms with Crippen molar-refractivity contribution in [2.45, 2.75) is 82.0 Å². The first-order valence-corrected chi connectivity index (χ1v) is 11.0. The fraction of sp³-hybridized carbons (Fsp3) is 1.00. The van der Waals surface area contributed by atoms with Gasteiger partial charge in [0.25, 0.3) is 0 Å².